The smallest absolute Gasteiger partial charge is 0.350 e. The first-order valence-electron chi connectivity index (χ1n) is 6.37. The van der Waals surface area contributed by atoms with Gasteiger partial charge in [-0.3, -0.25) is 5.43 Å². The van der Waals surface area contributed by atoms with Gasteiger partial charge in [0.25, 0.3) is 0 Å². The number of aryl methyl sites for hydroxylation is 1. The van der Waals surface area contributed by atoms with Crippen LogP contribution in [-0.4, -0.2) is 36.5 Å². The second kappa shape index (κ2) is 7.42. The number of hydrogen-bond acceptors (Lipinski definition) is 8. The van der Waals surface area contributed by atoms with E-state index in [0.717, 1.165) is 11.3 Å². The molecule has 0 aliphatic heterocycles. The molecule has 0 bridgehead atoms. The molecule has 0 amide bonds. The molecular weight excluding hydrogens is 386 g/mol. The highest BCUT2D eigenvalue weighted by Crippen LogP contribution is 2.34. The lowest BCUT2D eigenvalue weighted by Gasteiger charge is -2.06. The van der Waals surface area contributed by atoms with Crippen LogP contribution in [0.2, 0.25) is 0 Å². The third-order valence-corrected chi connectivity index (χ3v) is 4.46. The lowest BCUT2D eigenvalue weighted by atomic mass is 10.2. The summed E-state index contributed by atoms with van der Waals surface area (Å²) in [6, 6.07) is 3.33. The molecule has 23 heavy (non-hydrogen) atoms. The normalized spacial score (nSPS) is 10.8. The van der Waals surface area contributed by atoms with Crippen LogP contribution < -0.4 is 10.2 Å². The van der Waals surface area contributed by atoms with Crippen molar-refractivity contribution in [2.24, 2.45) is 5.10 Å². The van der Waals surface area contributed by atoms with E-state index < -0.39 is 5.97 Å². The van der Waals surface area contributed by atoms with Crippen LogP contribution in [-0.2, 0) is 4.74 Å². The van der Waals surface area contributed by atoms with Gasteiger partial charge in [-0.1, -0.05) is 11.3 Å². The molecule has 1 heterocycles. The second-order valence-electron chi connectivity index (χ2n) is 4.35. The summed E-state index contributed by atoms with van der Waals surface area (Å²) in [6.07, 6.45) is 1.54. The summed E-state index contributed by atoms with van der Waals surface area (Å²) in [4.78, 5) is 16.1. The molecule has 0 radical (unpaired) electrons. The van der Waals surface area contributed by atoms with Crippen LogP contribution in [0.5, 0.6) is 11.5 Å². The lowest BCUT2D eigenvalue weighted by molar-refractivity contribution is 0.0605. The summed E-state index contributed by atoms with van der Waals surface area (Å²) in [6.45, 7) is 1.72. The number of carbonyl (C=O) groups excluding carboxylic acids is 1. The van der Waals surface area contributed by atoms with Crippen molar-refractivity contribution in [1.82, 2.24) is 4.98 Å². The number of phenolic OH excluding ortho intramolecular Hbond substituents is 1. The quantitative estimate of drug-likeness (QED) is 0.455. The monoisotopic (exact) mass is 399 g/mol. The molecule has 2 N–H and O–H groups in total. The van der Waals surface area contributed by atoms with Gasteiger partial charge in [0.15, 0.2) is 11.5 Å². The average Bonchev–Trinajstić information content (AvgIpc) is 2.90. The van der Waals surface area contributed by atoms with Crippen LogP contribution >= 0.6 is 27.3 Å². The van der Waals surface area contributed by atoms with Crippen molar-refractivity contribution < 1.29 is 19.4 Å². The number of aromatic hydroxyl groups is 1. The molecule has 0 atom stereocenters. The standard InChI is InChI=1S/C14H14BrN3O4S/c1-7-12(13(20)22-3)23-14(17-7)18-16-6-8-4-9(15)11(19)10(5-8)21-2/h4-6,19H,1-3H3,(H,17,18)/b16-6+. The number of phenols is 1. The number of rotatable bonds is 5. The molecule has 1 aromatic carbocycles. The molecule has 0 saturated carbocycles. The fourth-order valence-corrected chi connectivity index (χ4v) is 3.01. The van der Waals surface area contributed by atoms with E-state index in [-0.39, 0.29) is 5.75 Å². The van der Waals surface area contributed by atoms with Crippen LogP contribution in [0.1, 0.15) is 20.9 Å². The number of ether oxygens (including phenoxy) is 2. The molecule has 0 fully saturated rings. The van der Waals surface area contributed by atoms with E-state index in [9.17, 15) is 9.90 Å². The van der Waals surface area contributed by atoms with Gasteiger partial charge < -0.3 is 14.6 Å². The summed E-state index contributed by atoms with van der Waals surface area (Å²) < 4.78 is 10.2. The first kappa shape index (κ1) is 17.2. The van der Waals surface area contributed by atoms with E-state index in [1.165, 1.54) is 14.2 Å². The Balaban J connectivity index is 2.13. The summed E-state index contributed by atoms with van der Waals surface area (Å²) in [5.41, 5.74) is 4.04. The second-order valence-corrected chi connectivity index (χ2v) is 6.20. The molecule has 0 aliphatic rings. The molecule has 2 aromatic rings. The SMILES string of the molecule is COC(=O)c1sc(N/N=C/c2cc(Br)c(O)c(OC)c2)nc1C. The largest absolute Gasteiger partial charge is 0.503 e. The summed E-state index contributed by atoms with van der Waals surface area (Å²) in [5, 5.41) is 14.3. The number of nitrogens with one attached hydrogen (secondary N) is 1. The minimum atomic E-state index is -0.427. The van der Waals surface area contributed by atoms with E-state index in [0.29, 0.717) is 31.5 Å². The van der Waals surface area contributed by atoms with Gasteiger partial charge in [0.2, 0.25) is 5.13 Å². The third kappa shape index (κ3) is 3.99. The van der Waals surface area contributed by atoms with Gasteiger partial charge in [0, 0.05) is 0 Å². The third-order valence-electron chi connectivity index (χ3n) is 2.81. The summed E-state index contributed by atoms with van der Waals surface area (Å²) >= 11 is 4.39. The zero-order chi connectivity index (χ0) is 17.0. The number of carbonyl (C=O) groups is 1. The highest BCUT2D eigenvalue weighted by Gasteiger charge is 2.15. The number of thiazole rings is 1. The van der Waals surface area contributed by atoms with Gasteiger partial charge in [-0.25, -0.2) is 9.78 Å². The first-order chi connectivity index (χ1) is 11.0. The number of aromatic nitrogens is 1. The van der Waals surface area contributed by atoms with E-state index in [2.05, 4.69) is 36.2 Å². The van der Waals surface area contributed by atoms with Crippen molar-refractivity contribution in [3.63, 3.8) is 0 Å². The molecular formula is C14H14BrN3O4S. The molecule has 9 heteroatoms. The Bertz CT molecular complexity index is 761. The maximum atomic E-state index is 11.5. The Labute approximate surface area is 145 Å². The molecule has 122 valence electrons. The van der Waals surface area contributed by atoms with Gasteiger partial charge in [-0.2, -0.15) is 5.10 Å². The highest BCUT2D eigenvalue weighted by atomic mass is 79.9. The van der Waals surface area contributed by atoms with Crippen LogP contribution in [0.25, 0.3) is 0 Å². The Morgan fingerprint density at radius 2 is 2.22 bits per heavy atom. The van der Waals surface area contributed by atoms with Crippen molar-refractivity contribution in [2.75, 3.05) is 19.6 Å². The minimum Gasteiger partial charge on any atom is -0.503 e. The van der Waals surface area contributed by atoms with Crippen molar-refractivity contribution in [3.05, 3.63) is 32.7 Å². The lowest BCUT2D eigenvalue weighted by Crippen LogP contribution is -1.99. The van der Waals surface area contributed by atoms with Crippen molar-refractivity contribution in [1.29, 1.82) is 0 Å². The van der Waals surface area contributed by atoms with E-state index >= 15 is 0 Å². The van der Waals surface area contributed by atoms with Gasteiger partial charge >= 0.3 is 5.97 Å². The van der Waals surface area contributed by atoms with Crippen molar-refractivity contribution in [2.45, 2.75) is 6.92 Å². The van der Waals surface area contributed by atoms with Gasteiger partial charge in [-0.15, -0.1) is 0 Å². The Hall–Kier alpha value is -2.13. The van der Waals surface area contributed by atoms with Gasteiger partial charge in [0.1, 0.15) is 4.88 Å². The zero-order valence-electron chi connectivity index (χ0n) is 12.6. The molecule has 0 saturated heterocycles. The molecule has 0 unspecified atom stereocenters. The van der Waals surface area contributed by atoms with Crippen LogP contribution in [0.3, 0.4) is 0 Å². The van der Waals surface area contributed by atoms with Gasteiger partial charge in [0.05, 0.1) is 30.6 Å². The van der Waals surface area contributed by atoms with Crippen LogP contribution in [0, 0.1) is 6.92 Å². The zero-order valence-corrected chi connectivity index (χ0v) is 15.0. The fraction of sp³-hybridized carbons (Fsp3) is 0.214. The van der Waals surface area contributed by atoms with Crippen molar-refractivity contribution >= 4 is 44.6 Å². The Kier molecular flexibility index (Phi) is 5.56. The summed E-state index contributed by atoms with van der Waals surface area (Å²) in [5.74, 6) is -0.0704. The number of methoxy groups -OCH3 is 2. The number of esters is 1. The Morgan fingerprint density at radius 3 is 2.87 bits per heavy atom. The van der Waals surface area contributed by atoms with Gasteiger partial charge in [-0.05, 0) is 40.5 Å². The predicted octanol–water partition coefficient (Wildman–Crippen LogP) is 3.16. The number of hydrazone groups is 1. The molecule has 2 rings (SSSR count). The average molecular weight is 400 g/mol. The number of benzene rings is 1. The van der Waals surface area contributed by atoms with Crippen LogP contribution in [0.4, 0.5) is 5.13 Å². The van der Waals surface area contributed by atoms with Crippen LogP contribution in [0.15, 0.2) is 21.7 Å². The number of halogens is 1. The number of anilines is 1. The molecule has 0 aliphatic carbocycles. The van der Waals surface area contributed by atoms with E-state index in [1.807, 2.05) is 0 Å². The maximum Gasteiger partial charge on any atom is 0.350 e. The number of nitrogens with zero attached hydrogens (tertiary/aromatic N) is 2. The Morgan fingerprint density at radius 1 is 1.48 bits per heavy atom. The van der Waals surface area contributed by atoms with E-state index in [1.54, 1.807) is 25.3 Å². The fourth-order valence-electron chi connectivity index (χ4n) is 1.71. The topological polar surface area (TPSA) is 93.0 Å². The highest BCUT2D eigenvalue weighted by molar-refractivity contribution is 9.10. The maximum absolute atomic E-state index is 11.5. The minimum absolute atomic E-state index is 0.0240. The molecule has 7 nitrogen and oxygen atoms in total. The summed E-state index contributed by atoms with van der Waals surface area (Å²) in [7, 11) is 2.79. The van der Waals surface area contributed by atoms with E-state index in [4.69, 9.17) is 4.74 Å². The number of hydrogen-bond donors (Lipinski definition) is 2. The first-order valence-corrected chi connectivity index (χ1v) is 7.98. The van der Waals surface area contributed by atoms with Crippen molar-refractivity contribution in [3.8, 4) is 11.5 Å². The molecule has 1 aromatic heterocycles. The predicted molar refractivity (Wildman–Crippen MR) is 91.8 cm³/mol. The molecule has 0 spiro atoms.